The summed E-state index contributed by atoms with van der Waals surface area (Å²) in [5.41, 5.74) is 1.91. The first-order valence-electron chi connectivity index (χ1n) is 9.73. The van der Waals surface area contributed by atoms with E-state index in [1.165, 1.54) is 12.8 Å². The first-order valence-corrected chi connectivity index (χ1v) is 9.73. The van der Waals surface area contributed by atoms with Gasteiger partial charge in [-0.25, -0.2) is 4.98 Å². The second kappa shape index (κ2) is 7.09. The number of likely N-dealkylation sites (tertiary alicyclic amines) is 1. The zero-order valence-electron chi connectivity index (χ0n) is 15.3. The molecule has 1 N–H and O–H groups in total. The van der Waals surface area contributed by atoms with Crippen LogP contribution in [0.3, 0.4) is 0 Å². The Morgan fingerprint density at radius 3 is 2.81 bits per heavy atom. The Hall–Kier alpha value is -2.37. The topological polar surface area (TPSA) is 67.2 Å². The summed E-state index contributed by atoms with van der Waals surface area (Å²) in [7, 11) is 0. The number of carbonyl (C=O) groups is 2. The lowest BCUT2D eigenvalue weighted by atomic mass is 10.1. The summed E-state index contributed by atoms with van der Waals surface area (Å²) in [6.07, 6.45) is 5.80. The highest BCUT2D eigenvalue weighted by Gasteiger charge is 2.38. The zero-order valence-corrected chi connectivity index (χ0v) is 15.3. The van der Waals surface area contributed by atoms with E-state index in [2.05, 4.69) is 21.8 Å². The Morgan fingerprint density at radius 2 is 2.04 bits per heavy atom. The summed E-state index contributed by atoms with van der Waals surface area (Å²) in [4.78, 5) is 31.7. The fourth-order valence-electron chi connectivity index (χ4n) is 4.31. The van der Waals surface area contributed by atoms with E-state index in [4.69, 9.17) is 0 Å². The van der Waals surface area contributed by atoms with E-state index in [-0.39, 0.29) is 17.7 Å². The number of para-hydroxylation sites is 2. The van der Waals surface area contributed by atoms with Gasteiger partial charge in [0, 0.05) is 25.6 Å². The van der Waals surface area contributed by atoms with E-state index in [0.29, 0.717) is 25.0 Å². The van der Waals surface area contributed by atoms with Crippen LogP contribution in [0.15, 0.2) is 24.3 Å². The number of hydrogen-bond donors (Lipinski definition) is 1. The largest absolute Gasteiger partial charge is 0.339 e. The number of aryl methyl sites for hydroxylation is 1. The monoisotopic (exact) mass is 354 g/mol. The average molecular weight is 354 g/mol. The molecule has 2 aliphatic rings. The number of nitrogens with zero attached hydrogens (tertiary/aromatic N) is 3. The van der Waals surface area contributed by atoms with E-state index in [1.807, 2.05) is 29.2 Å². The van der Waals surface area contributed by atoms with Gasteiger partial charge in [0.25, 0.3) is 0 Å². The van der Waals surface area contributed by atoms with Crippen molar-refractivity contribution >= 4 is 28.8 Å². The maximum Gasteiger partial charge on any atom is 0.232 e. The van der Waals surface area contributed by atoms with Crippen LogP contribution in [0.25, 0.3) is 11.0 Å². The molecule has 0 spiro atoms. The molecular formula is C20H26N4O2. The highest BCUT2D eigenvalue weighted by Crippen LogP contribution is 2.30. The van der Waals surface area contributed by atoms with Gasteiger partial charge in [-0.1, -0.05) is 31.9 Å². The number of amides is 2. The Bertz CT molecular complexity index is 822. The number of benzene rings is 1. The lowest BCUT2D eigenvalue weighted by Crippen LogP contribution is -2.35. The molecule has 26 heavy (non-hydrogen) atoms. The molecule has 1 aromatic carbocycles. The van der Waals surface area contributed by atoms with Crippen LogP contribution in [-0.4, -0.2) is 38.9 Å². The molecule has 2 fully saturated rings. The third kappa shape index (κ3) is 3.08. The minimum Gasteiger partial charge on any atom is -0.339 e. The van der Waals surface area contributed by atoms with Crippen molar-refractivity contribution < 1.29 is 9.59 Å². The van der Waals surface area contributed by atoms with E-state index >= 15 is 0 Å². The van der Waals surface area contributed by atoms with Crippen LogP contribution in [0.4, 0.5) is 5.95 Å². The van der Waals surface area contributed by atoms with Gasteiger partial charge in [0.1, 0.15) is 0 Å². The molecule has 138 valence electrons. The van der Waals surface area contributed by atoms with E-state index < -0.39 is 0 Å². The lowest BCUT2D eigenvalue weighted by molar-refractivity contribution is -0.129. The summed E-state index contributed by atoms with van der Waals surface area (Å²) in [5, 5.41) is 2.99. The van der Waals surface area contributed by atoms with E-state index in [1.54, 1.807) is 0 Å². The van der Waals surface area contributed by atoms with Crippen molar-refractivity contribution in [1.82, 2.24) is 14.5 Å². The van der Waals surface area contributed by atoms with Gasteiger partial charge in [-0.3, -0.25) is 14.9 Å². The minimum absolute atomic E-state index is 0.0912. The molecule has 0 bridgehead atoms. The SMILES string of the molecule is CCCn1c(NC(=O)[C@@H]2CC(=O)N(C3CCCC3)C2)nc2ccccc21. The standard InChI is InChI=1S/C20H26N4O2/c1-2-11-23-17-10-6-5-9-16(17)21-20(23)22-19(26)14-12-18(25)24(13-14)15-7-3-4-8-15/h5-6,9-10,14-15H,2-4,7-8,11-13H2,1H3,(H,21,22,26)/t14-/m1/s1. The van der Waals surface area contributed by atoms with Crippen LogP contribution >= 0.6 is 0 Å². The summed E-state index contributed by atoms with van der Waals surface area (Å²) >= 11 is 0. The molecule has 1 saturated heterocycles. The summed E-state index contributed by atoms with van der Waals surface area (Å²) in [6.45, 7) is 3.45. The molecule has 2 amide bonds. The average Bonchev–Trinajstić information content (AvgIpc) is 3.35. The van der Waals surface area contributed by atoms with Crippen molar-refractivity contribution in [2.45, 2.75) is 58.0 Å². The zero-order chi connectivity index (χ0) is 18.1. The van der Waals surface area contributed by atoms with Gasteiger partial charge in [0.15, 0.2) is 0 Å². The second-order valence-electron chi connectivity index (χ2n) is 7.45. The third-order valence-corrected chi connectivity index (χ3v) is 5.63. The van der Waals surface area contributed by atoms with E-state index in [9.17, 15) is 9.59 Å². The van der Waals surface area contributed by atoms with Crippen LogP contribution in [0.1, 0.15) is 45.4 Å². The van der Waals surface area contributed by atoms with Crippen LogP contribution in [0.2, 0.25) is 0 Å². The number of hydrogen-bond acceptors (Lipinski definition) is 3. The third-order valence-electron chi connectivity index (χ3n) is 5.63. The maximum atomic E-state index is 12.8. The highest BCUT2D eigenvalue weighted by atomic mass is 16.2. The summed E-state index contributed by atoms with van der Waals surface area (Å²) in [5.74, 6) is 0.341. The quantitative estimate of drug-likeness (QED) is 0.897. The van der Waals surface area contributed by atoms with Crippen molar-refractivity contribution in [2.75, 3.05) is 11.9 Å². The first-order chi connectivity index (χ1) is 12.7. The Labute approximate surface area is 153 Å². The smallest absolute Gasteiger partial charge is 0.232 e. The van der Waals surface area contributed by atoms with Crippen LogP contribution in [0, 0.1) is 5.92 Å². The molecule has 1 aliphatic heterocycles. The molecule has 2 aromatic rings. The molecule has 0 radical (unpaired) electrons. The van der Waals surface area contributed by atoms with Crippen molar-refractivity contribution in [3.8, 4) is 0 Å². The van der Waals surface area contributed by atoms with Crippen LogP contribution in [0.5, 0.6) is 0 Å². The number of fused-ring (bicyclic) bond motifs is 1. The predicted molar refractivity (Wildman–Crippen MR) is 101 cm³/mol. The Balaban J connectivity index is 1.50. The number of nitrogens with one attached hydrogen (secondary N) is 1. The van der Waals surface area contributed by atoms with Crippen LogP contribution in [-0.2, 0) is 16.1 Å². The number of carbonyl (C=O) groups excluding carboxylic acids is 2. The Morgan fingerprint density at radius 1 is 1.27 bits per heavy atom. The van der Waals surface area contributed by atoms with Gasteiger partial charge in [0.05, 0.1) is 17.0 Å². The van der Waals surface area contributed by atoms with E-state index in [0.717, 1.165) is 36.8 Å². The molecular weight excluding hydrogens is 328 g/mol. The molecule has 6 heteroatoms. The summed E-state index contributed by atoms with van der Waals surface area (Å²) < 4.78 is 2.05. The molecule has 1 saturated carbocycles. The Kier molecular flexibility index (Phi) is 4.66. The number of anilines is 1. The molecule has 1 aromatic heterocycles. The number of rotatable bonds is 5. The minimum atomic E-state index is -0.280. The van der Waals surface area contributed by atoms with Gasteiger partial charge in [-0.05, 0) is 31.4 Å². The highest BCUT2D eigenvalue weighted by molar-refractivity contribution is 5.97. The molecule has 0 unspecified atom stereocenters. The maximum absolute atomic E-state index is 12.8. The van der Waals surface area contributed by atoms with Crippen molar-refractivity contribution in [3.63, 3.8) is 0 Å². The number of imidazole rings is 1. The molecule has 4 rings (SSSR count). The van der Waals surface area contributed by atoms with Gasteiger partial charge in [-0.15, -0.1) is 0 Å². The molecule has 6 nitrogen and oxygen atoms in total. The number of aromatic nitrogens is 2. The van der Waals surface area contributed by atoms with Gasteiger partial charge >= 0.3 is 0 Å². The van der Waals surface area contributed by atoms with Gasteiger partial charge in [-0.2, -0.15) is 0 Å². The fraction of sp³-hybridized carbons (Fsp3) is 0.550. The summed E-state index contributed by atoms with van der Waals surface area (Å²) in [6, 6.07) is 8.25. The first kappa shape index (κ1) is 17.1. The van der Waals surface area contributed by atoms with Crippen molar-refractivity contribution in [2.24, 2.45) is 5.92 Å². The molecule has 1 atom stereocenters. The lowest BCUT2D eigenvalue weighted by Gasteiger charge is -2.23. The van der Waals surface area contributed by atoms with Crippen LogP contribution < -0.4 is 5.32 Å². The van der Waals surface area contributed by atoms with Crippen molar-refractivity contribution in [1.29, 1.82) is 0 Å². The molecule has 1 aliphatic carbocycles. The van der Waals surface area contributed by atoms with Crippen molar-refractivity contribution in [3.05, 3.63) is 24.3 Å². The predicted octanol–water partition coefficient (Wildman–Crippen LogP) is 3.18. The van der Waals surface area contributed by atoms with Gasteiger partial charge in [0.2, 0.25) is 17.8 Å². The fourth-order valence-corrected chi connectivity index (χ4v) is 4.31. The normalized spacial score (nSPS) is 21.0. The van der Waals surface area contributed by atoms with Gasteiger partial charge < -0.3 is 9.47 Å². The molecule has 2 heterocycles. The second-order valence-corrected chi connectivity index (χ2v) is 7.45.